The van der Waals surface area contributed by atoms with E-state index in [1.54, 1.807) is 14.2 Å². The van der Waals surface area contributed by atoms with Crippen LogP contribution in [-0.4, -0.2) is 44.5 Å². The lowest BCUT2D eigenvalue weighted by Gasteiger charge is -2.29. The molecule has 1 saturated carbocycles. The first kappa shape index (κ1) is 12.0. The van der Waals surface area contributed by atoms with Gasteiger partial charge in [0.1, 0.15) is 0 Å². The highest BCUT2D eigenvalue weighted by Gasteiger charge is 2.26. The molecule has 84 valence electrons. The highest BCUT2D eigenvalue weighted by atomic mass is 16.7. The summed E-state index contributed by atoms with van der Waals surface area (Å²) >= 11 is 0. The highest BCUT2D eigenvalue weighted by Crippen LogP contribution is 2.30. The molecular formula is C11H23NO2. The number of hydrogen-bond acceptors (Lipinski definition) is 3. The SMILES string of the molecule is COC(CN(CC1CC1)C(C)C)OC. The molecule has 0 spiro atoms. The van der Waals surface area contributed by atoms with Crippen molar-refractivity contribution < 1.29 is 9.47 Å². The van der Waals surface area contributed by atoms with E-state index in [0.29, 0.717) is 6.04 Å². The molecule has 14 heavy (non-hydrogen) atoms. The minimum absolute atomic E-state index is 0.0869. The van der Waals surface area contributed by atoms with Gasteiger partial charge in [-0.05, 0) is 32.6 Å². The lowest BCUT2D eigenvalue weighted by Crippen LogP contribution is -2.40. The summed E-state index contributed by atoms with van der Waals surface area (Å²) in [5.41, 5.74) is 0. The molecule has 1 fully saturated rings. The molecule has 0 radical (unpaired) electrons. The Morgan fingerprint density at radius 3 is 2.14 bits per heavy atom. The zero-order chi connectivity index (χ0) is 10.6. The molecule has 0 amide bonds. The summed E-state index contributed by atoms with van der Waals surface area (Å²) in [7, 11) is 3.40. The molecule has 1 aliphatic carbocycles. The van der Waals surface area contributed by atoms with Gasteiger partial charge in [0.15, 0.2) is 6.29 Å². The second-order valence-electron chi connectivity index (χ2n) is 4.39. The van der Waals surface area contributed by atoms with Crippen LogP contribution in [0.4, 0.5) is 0 Å². The topological polar surface area (TPSA) is 21.7 Å². The standard InChI is InChI=1S/C11H23NO2/c1-9(2)12(7-10-5-6-10)8-11(13-3)14-4/h9-11H,5-8H2,1-4H3. The summed E-state index contributed by atoms with van der Waals surface area (Å²) in [5, 5.41) is 0. The van der Waals surface area contributed by atoms with E-state index in [4.69, 9.17) is 9.47 Å². The quantitative estimate of drug-likeness (QED) is 0.585. The zero-order valence-corrected chi connectivity index (χ0v) is 9.82. The molecular weight excluding hydrogens is 178 g/mol. The van der Waals surface area contributed by atoms with Gasteiger partial charge in [0, 0.05) is 33.4 Å². The van der Waals surface area contributed by atoms with E-state index in [-0.39, 0.29) is 6.29 Å². The summed E-state index contributed by atoms with van der Waals surface area (Å²) in [6, 6.07) is 0.573. The van der Waals surface area contributed by atoms with Gasteiger partial charge >= 0.3 is 0 Å². The van der Waals surface area contributed by atoms with Crippen molar-refractivity contribution in [3.05, 3.63) is 0 Å². The van der Waals surface area contributed by atoms with Crippen molar-refractivity contribution in [1.82, 2.24) is 4.90 Å². The first-order valence-corrected chi connectivity index (χ1v) is 5.47. The van der Waals surface area contributed by atoms with Crippen LogP contribution in [0.15, 0.2) is 0 Å². The molecule has 0 N–H and O–H groups in total. The van der Waals surface area contributed by atoms with E-state index in [0.717, 1.165) is 12.5 Å². The molecule has 0 heterocycles. The van der Waals surface area contributed by atoms with E-state index in [1.165, 1.54) is 19.4 Å². The van der Waals surface area contributed by atoms with E-state index in [2.05, 4.69) is 18.7 Å². The van der Waals surface area contributed by atoms with E-state index < -0.39 is 0 Å². The first-order chi connectivity index (χ1) is 6.67. The molecule has 0 unspecified atom stereocenters. The summed E-state index contributed by atoms with van der Waals surface area (Å²) in [6.45, 7) is 6.53. The Morgan fingerprint density at radius 1 is 1.21 bits per heavy atom. The van der Waals surface area contributed by atoms with Crippen LogP contribution in [0.25, 0.3) is 0 Å². The van der Waals surface area contributed by atoms with Gasteiger partial charge in [-0.15, -0.1) is 0 Å². The van der Waals surface area contributed by atoms with E-state index in [1.807, 2.05) is 0 Å². The highest BCUT2D eigenvalue weighted by molar-refractivity contribution is 4.79. The smallest absolute Gasteiger partial charge is 0.169 e. The zero-order valence-electron chi connectivity index (χ0n) is 9.82. The number of rotatable bonds is 7. The van der Waals surface area contributed by atoms with Gasteiger partial charge in [-0.25, -0.2) is 0 Å². The van der Waals surface area contributed by atoms with Crippen molar-refractivity contribution in [2.75, 3.05) is 27.3 Å². The molecule has 0 atom stereocenters. The summed E-state index contributed by atoms with van der Waals surface area (Å²) in [6.07, 6.45) is 2.71. The Morgan fingerprint density at radius 2 is 1.79 bits per heavy atom. The third-order valence-corrected chi connectivity index (χ3v) is 2.83. The van der Waals surface area contributed by atoms with Crippen LogP contribution in [-0.2, 0) is 9.47 Å². The number of ether oxygens (including phenoxy) is 2. The molecule has 3 nitrogen and oxygen atoms in total. The average Bonchev–Trinajstić information content (AvgIpc) is 2.95. The molecule has 0 aromatic rings. The van der Waals surface area contributed by atoms with Crippen molar-refractivity contribution >= 4 is 0 Å². The van der Waals surface area contributed by atoms with Crippen LogP contribution in [0, 0.1) is 5.92 Å². The van der Waals surface area contributed by atoms with Gasteiger partial charge < -0.3 is 9.47 Å². The van der Waals surface area contributed by atoms with Crippen molar-refractivity contribution in [2.45, 2.75) is 39.0 Å². The van der Waals surface area contributed by atoms with Crippen LogP contribution < -0.4 is 0 Å². The van der Waals surface area contributed by atoms with Gasteiger partial charge in [0.05, 0.1) is 0 Å². The minimum atomic E-state index is -0.0869. The fourth-order valence-corrected chi connectivity index (χ4v) is 1.57. The molecule has 0 aliphatic heterocycles. The van der Waals surface area contributed by atoms with Crippen molar-refractivity contribution in [3.8, 4) is 0 Å². The second kappa shape index (κ2) is 5.69. The number of hydrogen-bond donors (Lipinski definition) is 0. The lowest BCUT2D eigenvalue weighted by molar-refractivity contribution is -0.119. The first-order valence-electron chi connectivity index (χ1n) is 5.47. The van der Waals surface area contributed by atoms with Gasteiger partial charge in [0.2, 0.25) is 0 Å². The second-order valence-corrected chi connectivity index (χ2v) is 4.39. The Bertz CT molecular complexity index is 153. The van der Waals surface area contributed by atoms with Crippen LogP contribution >= 0.6 is 0 Å². The maximum Gasteiger partial charge on any atom is 0.169 e. The van der Waals surface area contributed by atoms with Crippen LogP contribution in [0.3, 0.4) is 0 Å². The Kier molecular flexibility index (Phi) is 4.85. The molecule has 0 aromatic heterocycles. The summed E-state index contributed by atoms with van der Waals surface area (Å²) < 4.78 is 10.4. The predicted molar refractivity (Wildman–Crippen MR) is 57.2 cm³/mol. The monoisotopic (exact) mass is 201 g/mol. The maximum atomic E-state index is 5.22. The van der Waals surface area contributed by atoms with Crippen molar-refractivity contribution in [2.24, 2.45) is 5.92 Å². The van der Waals surface area contributed by atoms with Gasteiger partial charge in [-0.2, -0.15) is 0 Å². The Hall–Kier alpha value is -0.120. The van der Waals surface area contributed by atoms with E-state index in [9.17, 15) is 0 Å². The molecule has 1 aliphatic rings. The van der Waals surface area contributed by atoms with E-state index >= 15 is 0 Å². The predicted octanol–water partition coefficient (Wildman–Crippen LogP) is 1.73. The molecule has 3 heteroatoms. The van der Waals surface area contributed by atoms with Crippen LogP contribution in [0.1, 0.15) is 26.7 Å². The third kappa shape index (κ3) is 3.95. The van der Waals surface area contributed by atoms with Crippen LogP contribution in [0.2, 0.25) is 0 Å². The maximum absolute atomic E-state index is 5.22. The average molecular weight is 201 g/mol. The fraction of sp³-hybridized carbons (Fsp3) is 1.00. The lowest BCUT2D eigenvalue weighted by atomic mass is 10.2. The number of methoxy groups -OCH3 is 2. The van der Waals surface area contributed by atoms with Gasteiger partial charge in [0.25, 0.3) is 0 Å². The van der Waals surface area contributed by atoms with Crippen molar-refractivity contribution in [1.29, 1.82) is 0 Å². The van der Waals surface area contributed by atoms with Gasteiger partial charge in [-0.3, -0.25) is 4.90 Å². The molecule has 0 bridgehead atoms. The van der Waals surface area contributed by atoms with Crippen LogP contribution in [0.5, 0.6) is 0 Å². The van der Waals surface area contributed by atoms with Crippen molar-refractivity contribution in [3.63, 3.8) is 0 Å². The van der Waals surface area contributed by atoms with Gasteiger partial charge in [-0.1, -0.05) is 0 Å². The number of nitrogens with zero attached hydrogens (tertiary/aromatic N) is 1. The third-order valence-electron chi connectivity index (χ3n) is 2.83. The molecule has 0 saturated heterocycles. The normalized spacial score (nSPS) is 17.4. The molecule has 0 aromatic carbocycles. The Balaban J connectivity index is 2.32. The molecule has 1 rings (SSSR count). The Labute approximate surface area is 87.4 Å². The fourth-order valence-electron chi connectivity index (χ4n) is 1.57. The summed E-state index contributed by atoms with van der Waals surface area (Å²) in [4.78, 5) is 2.44. The summed E-state index contributed by atoms with van der Waals surface area (Å²) in [5.74, 6) is 0.923. The minimum Gasteiger partial charge on any atom is -0.355 e. The largest absolute Gasteiger partial charge is 0.355 e.